The average molecular weight is 535 g/mol. The van der Waals surface area contributed by atoms with Gasteiger partial charge in [0.25, 0.3) is 0 Å². The van der Waals surface area contributed by atoms with Crippen molar-refractivity contribution in [3.05, 3.63) is 54.1 Å². The molecule has 2 N–H and O–H groups in total. The van der Waals surface area contributed by atoms with E-state index in [-0.39, 0.29) is 24.0 Å². The monoisotopic (exact) mass is 535 g/mol. The van der Waals surface area contributed by atoms with Gasteiger partial charge in [-0.15, -0.1) is 34.2 Å². The smallest absolute Gasteiger partial charge is 0.191 e. The molecule has 166 valence electrons. The quantitative estimate of drug-likeness (QED) is 0.283. The van der Waals surface area contributed by atoms with Crippen LogP contribution in [0.3, 0.4) is 0 Å². The van der Waals surface area contributed by atoms with Crippen LogP contribution in [0.4, 0.5) is 5.82 Å². The topological polar surface area (TPSA) is 86.0 Å². The summed E-state index contributed by atoms with van der Waals surface area (Å²) in [7, 11) is 2.16. The lowest BCUT2D eigenvalue weighted by molar-refractivity contribution is 0.312. The lowest BCUT2D eigenvalue weighted by atomic mass is 10.2. The van der Waals surface area contributed by atoms with E-state index >= 15 is 0 Å². The maximum Gasteiger partial charge on any atom is 0.191 e. The molecule has 1 aliphatic rings. The predicted molar refractivity (Wildman–Crippen MR) is 134 cm³/mol. The number of halogens is 1. The van der Waals surface area contributed by atoms with E-state index in [2.05, 4.69) is 61.7 Å². The zero-order valence-corrected chi connectivity index (χ0v) is 20.4. The molecule has 0 atom stereocenters. The number of pyridine rings is 2. The van der Waals surface area contributed by atoms with Gasteiger partial charge in [0.15, 0.2) is 17.4 Å². The van der Waals surface area contributed by atoms with Crippen molar-refractivity contribution in [2.45, 2.75) is 20.0 Å². The summed E-state index contributed by atoms with van der Waals surface area (Å²) >= 11 is 0. The van der Waals surface area contributed by atoms with Crippen LogP contribution in [0.1, 0.15) is 18.3 Å². The van der Waals surface area contributed by atoms with Crippen LogP contribution in [0.2, 0.25) is 0 Å². The molecule has 31 heavy (non-hydrogen) atoms. The first-order chi connectivity index (χ1) is 14.7. The van der Waals surface area contributed by atoms with E-state index < -0.39 is 0 Å². The molecule has 0 saturated carbocycles. The Kier molecular flexibility index (Phi) is 8.41. The molecule has 9 nitrogen and oxygen atoms in total. The van der Waals surface area contributed by atoms with Gasteiger partial charge in [-0.3, -0.25) is 4.40 Å². The number of hydrogen-bond donors (Lipinski definition) is 2. The van der Waals surface area contributed by atoms with Crippen molar-refractivity contribution in [2.75, 3.05) is 44.7 Å². The number of hydrogen-bond acceptors (Lipinski definition) is 6. The van der Waals surface area contributed by atoms with Crippen LogP contribution in [-0.4, -0.2) is 70.2 Å². The van der Waals surface area contributed by atoms with Crippen molar-refractivity contribution in [3.8, 4) is 0 Å². The van der Waals surface area contributed by atoms with Gasteiger partial charge in [0.2, 0.25) is 0 Å². The number of likely N-dealkylation sites (N-methyl/N-ethyl adjacent to an activating group) is 1. The summed E-state index contributed by atoms with van der Waals surface area (Å²) in [5.41, 5.74) is 1.92. The van der Waals surface area contributed by atoms with E-state index in [4.69, 9.17) is 4.99 Å². The number of nitrogens with one attached hydrogen (secondary N) is 2. The van der Waals surface area contributed by atoms with E-state index in [0.717, 1.165) is 61.5 Å². The molecule has 3 aromatic rings. The van der Waals surface area contributed by atoms with Gasteiger partial charge in [-0.05, 0) is 37.7 Å². The molecule has 0 amide bonds. The second kappa shape index (κ2) is 11.2. The third kappa shape index (κ3) is 6.03. The van der Waals surface area contributed by atoms with Crippen LogP contribution in [0.15, 0.2) is 47.7 Å². The minimum Gasteiger partial charge on any atom is -0.357 e. The Hall–Kier alpha value is -2.47. The van der Waals surface area contributed by atoms with Gasteiger partial charge >= 0.3 is 0 Å². The fourth-order valence-electron chi connectivity index (χ4n) is 3.42. The van der Waals surface area contributed by atoms with Crippen molar-refractivity contribution in [1.29, 1.82) is 0 Å². The van der Waals surface area contributed by atoms with Crippen molar-refractivity contribution in [1.82, 2.24) is 35.1 Å². The number of nitrogens with zero attached hydrogens (tertiary/aromatic N) is 7. The zero-order chi connectivity index (χ0) is 20.8. The highest BCUT2D eigenvalue weighted by atomic mass is 127. The SMILES string of the molecule is CCNC(=NCc1ccc(N2CCN(C)CC2)nc1)NCc1nnc2ccccn12.I. The average Bonchev–Trinajstić information content (AvgIpc) is 3.20. The lowest BCUT2D eigenvalue weighted by Crippen LogP contribution is -2.44. The largest absolute Gasteiger partial charge is 0.357 e. The second-order valence-electron chi connectivity index (χ2n) is 7.41. The van der Waals surface area contributed by atoms with E-state index in [0.29, 0.717) is 13.1 Å². The summed E-state index contributed by atoms with van der Waals surface area (Å²) in [6.07, 6.45) is 3.89. The van der Waals surface area contributed by atoms with Crippen molar-refractivity contribution in [2.24, 2.45) is 4.99 Å². The zero-order valence-electron chi connectivity index (χ0n) is 18.0. The van der Waals surface area contributed by atoms with Crippen LogP contribution in [0.25, 0.3) is 5.65 Å². The van der Waals surface area contributed by atoms with Crippen LogP contribution in [0.5, 0.6) is 0 Å². The number of rotatable bonds is 6. The fourth-order valence-corrected chi connectivity index (χ4v) is 3.42. The minimum absolute atomic E-state index is 0. The van der Waals surface area contributed by atoms with E-state index in [9.17, 15) is 0 Å². The summed E-state index contributed by atoms with van der Waals surface area (Å²) in [6, 6.07) is 10.1. The normalized spacial score (nSPS) is 15.0. The van der Waals surface area contributed by atoms with Gasteiger partial charge in [-0.25, -0.2) is 9.98 Å². The number of aliphatic imine (C=N–C) groups is 1. The number of anilines is 1. The number of fused-ring (bicyclic) bond motifs is 1. The molecule has 0 aromatic carbocycles. The number of guanidine groups is 1. The molecule has 0 bridgehead atoms. The summed E-state index contributed by atoms with van der Waals surface area (Å²) in [6.45, 7) is 8.13. The third-order valence-corrected chi connectivity index (χ3v) is 5.20. The minimum atomic E-state index is 0. The van der Waals surface area contributed by atoms with Crippen molar-refractivity contribution < 1.29 is 0 Å². The highest BCUT2D eigenvalue weighted by molar-refractivity contribution is 14.0. The molecule has 1 aliphatic heterocycles. The standard InChI is InChI=1S/C21H29N9.HI/c1-3-22-21(25-16-20-27-26-19-6-4-5-9-30(19)20)24-15-17-7-8-18(23-14-17)29-12-10-28(2)11-13-29;/h4-9,14H,3,10-13,15-16H2,1-2H3,(H2,22,24,25);1H. The molecule has 3 aromatic heterocycles. The molecule has 10 heteroatoms. The molecule has 4 heterocycles. The Balaban J connectivity index is 0.00000272. The van der Waals surface area contributed by atoms with Gasteiger partial charge in [0.1, 0.15) is 5.82 Å². The molecular weight excluding hydrogens is 505 g/mol. The van der Waals surface area contributed by atoms with Crippen molar-refractivity contribution >= 4 is 41.4 Å². The highest BCUT2D eigenvalue weighted by Gasteiger charge is 2.15. The predicted octanol–water partition coefficient (Wildman–Crippen LogP) is 1.75. The molecule has 0 aliphatic carbocycles. The van der Waals surface area contributed by atoms with Gasteiger partial charge in [-0.2, -0.15) is 0 Å². The van der Waals surface area contributed by atoms with E-state index in [1.165, 1.54) is 0 Å². The first kappa shape index (κ1) is 23.2. The highest BCUT2D eigenvalue weighted by Crippen LogP contribution is 2.14. The maximum absolute atomic E-state index is 4.69. The van der Waals surface area contributed by atoms with Crippen LogP contribution in [0, 0.1) is 0 Å². The Labute approximate surface area is 200 Å². The Morgan fingerprint density at radius 2 is 1.90 bits per heavy atom. The summed E-state index contributed by atoms with van der Waals surface area (Å²) < 4.78 is 1.97. The first-order valence-corrected chi connectivity index (χ1v) is 10.4. The molecule has 0 spiro atoms. The Morgan fingerprint density at radius 3 is 2.65 bits per heavy atom. The third-order valence-electron chi connectivity index (χ3n) is 5.20. The maximum atomic E-state index is 4.69. The van der Waals surface area contributed by atoms with E-state index in [1.807, 2.05) is 35.0 Å². The molecule has 4 rings (SSSR count). The van der Waals surface area contributed by atoms with E-state index in [1.54, 1.807) is 0 Å². The summed E-state index contributed by atoms with van der Waals surface area (Å²) in [5, 5.41) is 15.1. The van der Waals surface area contributed by atoms with Gasteiger partial charge in [0.05, 0.1) is 13.1 Å². The van der Waals surface area contributed by atoms with Crippen molar-refractivity contribution in [3.63, 3.8) is 0 Å². The Morgan fingerprint density at radius 1 is 1.06 bits per heavy atom. The van der Waals surface area contributed by atoms with Gasteiger partial charge in [-0.1, -0.05) is 12.1 Å². The van der Waals surface area contributed by atoms with Crippen LogP contribution >= 0.6 is 24.0 Å². The second-order valence-corrected chi connectivity index (χ2v) is 7.41. The summed E-state index contributed by atoms with van der Waals surface area (Å²) in [4.78, 5) is 14.0. The molecule has 0 radical (unpaired) electrons. The fraction of sp³-hybridized carbons (Fsp3) is 0.429. The lowest BCUT2D eigenvalue weighted by Gasteiger charge is -2.33. The molecule has 1 fully saturated rings. The molecule has 1 saturated heterocycles. The number of aromatic nitrogens is 4. The molecular formula is C21H30IN9. The first-order valence-electron chi connectivity index (χ1n) is 10.4. The number of piperazine rings is 1. The van der Waals surface area contributed by atoms with Crippen LogP contribution in [-0.2, 0) is 13.1 Å². The summed E-state index contributed by atoms with van der Waals surface area (Å²) in [5.74, 6) is 2.63. The van der Waals surface area contributed by atoms with Gasteiger partial charge < -0.3 is 20.4 Å². The Bertz CT molecular complexity index is 978. The van der Waals surface area contributed by atoms with Crippen LogP contribution < -0.4 is 15.5 Å². The van der Waals surface area contributed by atoms with Gasteiger partial charge in [0, 0.05) is 45.1 Å². The molecule has 0 unspecified atom stereocenters.